The Kier molecular flexibility index (Phi) is 6.43. The van der Waals surface area contributed by atoms with Gasteiger partial charge < -0.3 is 10.2 Å². The van der Waals surface area contributed by atoms with Crippen LogP contribution >= 0.6 is 0 Å². The topological polar surface area (TPSA) is 45.2 Å². The first kappa shape index (κ1) is 13.8. The van der Waals surface area contributed by atoms with E-state index < -0.39 is 0 Å². The number of rotatable bonds is 8. The predicted octanol–water partition coefficient (Wildman–Crippen LogP) is 1.33. The number of carbonyl (C=O) groups is 1. The van der Waals surface area contributed by atoms with Crippen molar-refractivity contribution < 1.29 is 4.79 Å². The van der Waals surface area contributed by atoms with E-state index in [4.69, 9.17) is 0 Å². The van der Waals surface area contributed by atoms with Crippen LogP contribution in [0.25, 0.3) is 0 Å². The summed E-state index contributed by atoms with van der Waals surface area (Å²) in [5, 5.41) is 3.33. The number of aromatic nitrogens is 1. The number of nitrogens with zero attached hydrogens (tertiary/aromatic N) is 2. The minimum Gasteiger partial charge on any atom is -0.311 e. The summed E-state index contributed by atoms with van der Waals surface area (Å²) in [6, 6.07) is 3.54. The maximum Gasteiger partial charge on any atom is 0.150 e. The molecule has 0 aliphatic heterocycles. The van der Waals surface area contributed by atoms with Gasteiger partial charge in [0, 0.05) is 18.3 Å². The fourth-order valence-electron chi connectivity index (χ4n) is 1.56. The molecule has 1 aromatic rings. The van der Waals surface area contributed by atoms with Crippen molar-refractivity contribution in [3.8, 4) is 0 Å². The Bertz CT molecular complexity index is 339. The van der Waals surface area contributed by atoms with E-state index in [1.807, 2.05) is 6.07 Å². The van der Waals surface area contributed by atoms with Gasteiger partial charge in [0.05, 0.1) is 5.69 Å². The lowest BCUT2D eigenvalue weighted by molar-refractivity contribution is 0.112. The summed E-state index contributed by atoms with van der Waals surface area (Å²) < 4.78 is 0. The van der Waals surface area contributed by atoms with Gasteiger partial charge in [0.1, 0.15) is 6.29 Å². The average molecular weight is 235 g/mol. The molecule has 0 atom stereocenters. The van der Waals surface area contributed by atoms with Crippen molar-refractivity contribution in [3.63, 3.8) is 0 Å². The van der Waals surface area contributed by atoms with Gasteiger partial charge in [0.15, 0.2) is 0 Å². The van der Waals surface area contributed by atoms with E-state index in [1.54, 1.807) is 12.3 Å². The molecule has 0 spiro atoms. The number of hydrogen-bond acceptors (Lipinski definition) is 4. The molecule has 1 heterocycles. The van der Waals surface area contributed by atoms with Crippen molar-refractivity contribution in [2.75, 3.05) is 27.2 Å². The molecule has 0 saturated heterocycles. The van der Waals surface area contributed by atoms with Gasteiger partial charge in [0.25, 0.3) is 0 Å². The third-order valence-corrected chi connectivity index (χ3v) is 2.49. The van der Waals surface area contributed by atoms with Crippen molar-refractivity contribution in [1.82, 2.24) is 15.2 Å². The summed E-state index contributed by atoms with van der Waals surface area (Å²) in [5.74, 6) is 0. The fraction of sp³-hybridized carbons (Fsp3) is 0.538. The molecule has 1 N–H and O–H groups in total. The van der Waals surface area contributed by atoms with Crippen molar-refractivity contribution >= 4 is 6.29 Å². The highest BCUT2D eigenvalue weighted by atomic mass is 16.1. The highest BCUT2D eigenvalue weighted by Gasteiger charge is 1.96. The fourth-order valence-corrected chi connectivity index (χ4v) is 1.56. The van der Waals surface area contributed by atoms with E-state index in [9.17, 15) is 4.79 Å². The van der Waals surface area contributed by atoms with Crippen LogP contribution in [0.1, 0.15) is 28.9 Å². The molecule has 0 saturated carbocycles. The van der Waals surface area contributed by atoms with Gasteiger partial charge in [-0.25, -0.2) is 0 Å². The van der Waals surface area contributed by atoms with E-state index in [2.05, 4.69) is 29.3 Å². The van der Waals surface area contributed by atoms with Crippen LogP contribution in [-0.4, -0.2) is 43.4 Å². The van der Waals surface area contributed by atoms with Crippen LogP contribution in [0, 0.1) is 0 Å². The second kappa shape index (κ2) is 7.92. The molecule has 17 heavy (non-hydrogen) atoms. The van der Waals surface area contributed by atoms with Gasteiger partial charge in [-0.1, -0.05) is 0 Å². The lowest BCUT2D eigenvalue weighted by Gasteiger charge is -2.09. The number of hydrogen-bond donors (Lipinski definition) is 1. The molecule has 0 unspecified atom stereocenters. The number of pyridine rings is 1. The Morgan fingerprint density at radius 2 is 2.24 bits per heavy atom. The lowest BCUT2D eigenvalue weighted by atomic mass is 10.2. The van der Waals surface area contributed by atoms with Crippen LogP contribution in [0.2, 0.25) is 0 Å². The third-order valence-electron chi connectivity index (χ3n) is 2.49. The molecule has 0 aliphatic rings. The van der Waals surface area contributed by atoms with Crippen LogP contribution in [-0.2, 0) is 6.54 Å². The summed E-state index contributed by atoms with van der Waals surface area (Å²) in [4.78, 5) is 17.0. The van der Waals surface area contributed by atoms with Crippen LogP contribution in [0.5, 0.6) is 0 Å². The Morgan fingerprint density at radius 1 is 1.41 bits per heavy atom. The molecule has 1 rings (SSSR count). The quantitative estimate of drug-likeness (QED) is 0.545. The summed E-state index contributed by atoms with van der Waals surface area (Å²) in [5.41, 5.74) is 1.60. The molecule has 1 aromatic heterocycles. The lowest BCUT2D eigenvalue weighted by Crippen LogP contribution is -2.18. The summed E-state index contributed by atoms with van der Waals surface area (Å²) in [7, 11) is 4.17. The molecule has 0 radical (unpaired) electrons. The van der Waals surface area contributed by atoms with E-state index in [-0.39, 0.29) is 0 Å². The Morgan fingerprint density at radius 3 is 2.94 bits per heavy atom. The first-order valence-corrected chi connectivity index (χ1v) is 5.98. The Balaban J connectivity index is 2.15. The van der Waals surface area contributed by atoms with Gasteiger partial charge in [-0.15, -0.1) is 0 Å². The van der Waals surface area contributed by atoms with Crippen LogP contribution in [0.3, 0.4) is 0 Å². The van der Waals surface area contributed by atoms with E-state index in [1.165, 1.54) is 6.42 Å². The highest BCUT2D eigenvalue weighted by Crippen LogP contribution is 1.98. The molecular formula is C13H21N3O. The van der Waals surface area contributed by atoms with Gasteiger partial charge >= 0.3 is 0 Å². The predicted molar refractivity (Wildman–Crippen MR) is 69.1 cm³/mol. The number of aldehydes is 1. The third kappa shape index (κ3) is 6.14. The maximum absolute atomic E-state index is 10.6. The molecule has 0 bridgehead atoms. The summed E-state index contributed by atoms with van der Waals surface area (Å²) in [6.07, 6.45) is 4.88. The van der Waals surface area contributed by atoms with Crippen molar-refractivity contribution in [2.24, 2.45) is 0 Å². The minimum absolute atomic E-state index is 0.685. The minimum atomic E-state index is 0.685. The number of unbranched alkanes of at least 4 members (excludes halogenated alkanes) is 1. The molecule has 0 fully saturated rings. The SMILES string of the molecule is CN(C)CCCCNCc1cc(C=O)ccn1. The van der Waals surface area contributed by atoms with Crippen molar-refractivity contribution in [3.05, 3.63) is 29.6 Å². The van der Waals surface area contributed by atoms with Crippen molar-refractivity contribution in [1.29, 1.82) is 0 Å². The first-order chi connectivity index (χ1) is 8.22. The zero-order valence-corrected chi connectivity index (χ0v) is 10.6. The van der Waals surface area contributed by atoms with E-state index in [0.29, 0.717) is 5.56 Å². The van der Waals surface area contributed by atoms with E-state index in [0.717, 1.165) is 38.0 Å². The molecule has 94 valence electrons. The molecule has 4 heteroatoms. The summed E-state index contributed by atoms with van der Waals surface area (Å²) in [6.45, 7) is 2.84. The standard InChI is InChI=1S/C13H21N3O/c1-16(2)8-4-3-6-14-10-13-9-12(11-17)5-7-15-13/h5,7,9,11,14H,3-4,6,8,10H2,1-2H3. The second-order valence-electron chi connectivity index (χ2n) is 4.39. The maximum atomic E-state index is 10.6. The van der Waals surface area contributed by atoms with Crippen LogP contribution < -0.4 is 5.32 Å². The molecule has 4 nitrogen and oxygen atoms in total. The van der Waals surface area contributed by atoms with Crippen LogP contribution in [0.4, 0.5) is 0 Å². The van der Waals surface area contributed by atoms with Gasteiger partial charge in [-0.2, -0.15) is 0 Å². The monoisotopic (exact) mass is 235 g/mol. The molecular weight excluding hydrogens is 214 g/mol. The molecule has 0 aliphatic carbocycles. The Labute approximate surface area is 103 Å². The summed E-state index contributed by atoms with van der Waals surface area (Å²) >= 11 is 0. The van der Waals surface area contributed by atoms with Gasteiger partial charge in [0.2, 0.25) is 0 Å². The first-order valence-electron chi connectivity index (χ1n) is 5.98. The number of carbonyl (C=O) groups excluding carboxylic acids is 1. The number of nitrogens with one attached hydrogen (secondary N) is 1. The smallest absolute Gasteiger partial charge is 0.150 e. The highest BCUT2D eigenvalue weighted by molar-refractivity contribution is 5.74. The zero-order chi connectivity index (χ0) is 12.5. The largest absolute Gasteiger partial charge is 0.311 e. The van der Waals surface area contributed by atoms with E-state index >= 15 is 0 Å². The molecule has 0 amide bonds. The van der Waals surface area contributed by atoms with Crippen LogP contribution in [0.15, 0.2) is 18.3 Å². The second-order valence-corrected chi connectivity index (χ2v) is 4.39. The average Bonchev–Trinajstić information content (AvgIpc) is 2.33. The zero-order valence-electron chi connectivity index (χ0n) is 10.6. The normalized spacial score (nSPS) is 10.8. The molecule has 0 aromatic carbocycles. The van der Waals surface area contributed by atoms with Gasteiger partial charge in [-0.05, 0) is 52.2 Å². The van der Waals surface area contributed by atoms with Crippen molar-refractivity contribution in [2.45, 2.75) is 19.4 Å². The van der Waals surface area contributed by atoms with Gasteiger partial charge in [-0.3, -0.25) is 9.78 Å². The Hall–Kier alpha value is -1.26.